The summed E-state index contributed by atoms with van der Waals surface area (Å²) in [7, 11) is 0. The number of nitrogens with zero attached hydrogens (tertiary/aromatic N) is 1. The summed E-state index contributed by atoms with van der Waals surface area (Å²) in [4.78, 5) is 4.65. The molecule has 0 aliphatic carbocycles. The van der Waals surface area contributed by atoms with Crippen LogP contribution < -0.4 is 5.32 Å². The molecule has 0 unspecified atom stereocenters. The van der Waals surface area contributed by atoms with Gasteiger partial charge in [-0.1, -0.05) is 36.4 Å². The summed E-state index contributed by atoms with van der Waals surface area (Å²) in [6.07, 6.45) is 0. The van der Waals surface area contributed by atoms with E-state index in [0.29, 0.717) is 0 Å². The molecular weight excluding hydrogens is 335 g/mol. The molecular formula is C15H11IN2. The zero-order valence-electron chi connectivity index (χ0n) is 9.60. The van der Waals surface area contributed by atoms with Crippen LogP contribution in [0, 0.1) is 3.57 Å². The number of pyridine rings is 1. The molecule has 0 aliphatic rings. The lowest BCUT2D eigenvalue weighted by molar-refractivity contribution is 1.35. The smallest absolute Gasteiger partial charge is 0.144 e. The first-order valence-electron chi connectivity index (χ1n) is 5.70. The third-order valence-corrected chi connectivity index (χ3v) is 3.54. The van der Waals surface area contributed by atoms with Crippen LogP contribution in [-0.4, -0.2) is 4.98 Å². The van der Waals surface area contributed by atoms with E-state index in [-0.39, 0.29) is 0 Å². The number of para-hydroxylation sites is 2. The fourth-order valence-corrected chi connectivity index (χ4v) is 2.43. The quantitative estimate of drug-likeness (QED) is 0.687. The molecule has 88 valence electrons. The molecule has 0 fully saturated rings. The molecule has 0 spiro atoms. The molecule has 0 atom stereocenters. The average Bonchev–Trinajstić information content (AvgIpc) is 2.41. The first-order valence-corrected chi connectivity index (χ1v) is 6.78. The lowest BCUT2D eigenvalue weighted by atomic mass is 10.2. The number of benzene rings is 2. The number of aromatic nitrogens is 1. The topological polar surface area (TPSA) is 24.9 Å². The van der Waals surface area contributed by atoms with Crippen LogP contribution in [0.2, 0.25) is 0 Å². The second-order valence-corrected chi connectivity index (χ2v) is 5.16. The van der Waals surface area contributed by atoms with Crippen molar-refractivity contribution in [2.75, 3.05) is 5.32 Å². The van der Waals surface area contributed by atoms with E-state index in [4.69, 9.17) is 0 Å². The number of anilines is 2. The normalized spacial score (nSPS) is 10.5. The van der Waals surface area contributed by atoms with Crippen molar-refractivity contribution in [3.8, 4) is 0 Å². The third-order valence-electron chi connectivity index (χ3n) is 2.71. The summed E-state index contributed by atoms with van der Waals surface area (Å²) in [6, 6.07) is 20.4. The zero-order valence-corrected chi connectivity index (χ0v) is 11.8. The first kappa shape index (κ1) is 11.5. The molecule has 0 radical (unpaired) electrons. The van der Waals surface area contributed by atoms with E-state index in [1.54, 1.807) is 0 Å². The molecule has 0 bridgehead atoms. The van der Waals surface area contributed by atoms with Gasteiger partial charge in [0.1, 0.15) is 5.82 Å². The van der Waals surface area contributed by atoms with Gasteiger partial charge in [0.2, 0.25) is 0 Å². The molecule has 18 heavy (non-hydrogen) atoms. The van der Waals surface area contributed by atoms with Crippen LogP contribution >= 0.6 is 22.6 Å². The van der Waals surface area contributed by atoms with Gasteiger partial charge in [0.25, 0.3) is 0 Å². The van der Waals surface area contributed by atoms with Gasteiger partial charge in [-0.15, -0.1) is 0 Å². The summed E-state index contributed by atoms with van der Waals surface area (Å²) in [6.45, 7) is 0. The highest BCUT2D eigenvalue weighted by Gasteiger charge is 2.04. The lowest BCUT2D eigenvalue weighted by Gasteiger charge is -2.09. The minimum atomic E-state index is 0.903. The minimum absolute atomic E-state index is 0.903. The Hall–Kier alpha value is -1.62. The van der Waals surface area contributed by atoms with Gasteiger partial charge in [0.05, 0.1) is 9.09 Å². The highest BCUT2D eigenvalue weighted by atomic mass is 127. The number of halogens is 1. The van der Waals surface area contributed by atoms with Gasteiger partial charge in [-0.05, 0) is 46.9 Å². The van der Waals surface area contributed by atoms with Crippen molar-refractivity contribution in [2.45, 2.75) is 0 Å². The van der Waals surface area contributed by atoms with Crippen molar-refractivity contribution >= 4 is 45.0 Å². The Kier molecular flexibility index (Phi) is 3.15. The molecule has 2 aromatic carbocycles. The van der Waals surface area contributed by atoms with E-state index >= 15 is 0 Å². The van der Waals surface area contributed by atoms with Crippen molar-refractivity contribution in [1.82, 2.24) is 4.98 Å². The minimum Gasteiger partial charge on any atom is -0.339 e. The second kappa shape index (κ2) is 4.94. The van der Waals surface area contributed by atoms with Crippen molar-refractivity contribution in [3.05, 3.63) is 64.2 Å². The van der Waals surface area contributed by atoms with E-state index in [2.05, 4.69) is 45.0 Å². The largest absolute Gasteiger partial charge is 0.339 e. The SMILES string of the molecule is Ic1cc2ccccc2nc1Nc1ccccc1. The maximum absolute atomic E-state index is 4.65. The molecule has 3 rings (SSSR count). The molecule has 0 saturated heterocycles. The maximum atomic E-state index is 4.65. The van der Waals surface area contributed by atoms with Gasteiger partial charge in [-0.25, -0.2) is 4.98 Å². The summed E-state index contributed by atoms with van der Waals surface area (Å²) in [5, 5.41) is 4.51. The number of nitrogens with one attached hydrogen (secondary N) is 1. The lowest BCUT2D eigenvalue weighted by Crippen LogP contribution is -1.96. The Morgan fingerprint density at radius 3 is 2.44 bits per heavy atom. The van der Waals surface area contributed by atoms with Crippen LogP contribution in [0.1, 0.15) is 0 Å². The fraction of sp³-hybridized carbons (Fsp3) is 0. The zero-order chi connectivity index (χ0) is 12.4. The predicted octanol–water partition coefficient (Wildman–Crippen LogP) is 4.58. The van der Waals surface area contributed by atoms with Crippen LogP contribution in [0.15, 0.2) is 60.7 Å². The van der Waals surface area contributed by atoms with Gasteiger partial charge in [-0.2, -0.15) is 0 Å². The predicted molar refractivity (Wildman–Crippen MR) is 84.2 cm³/mol. The second-order valence-electron chi connectivity index (χ2n) is 4.00. The molecule has 3 heteroatoms. The third kappa shape index (κ3) is 2.31. The van der Waals surface area contributed by atoms with E-state index in [0.717, 1.165) is 20.6 Å². The van der Waals surface area contributed by atoms with Crippen LogP contribution in [0.25, 0.3) is 10.9 Å². The molecule has 1 aromatic heterocycles. The molecule has 3 aromatic rings. The van der Waals surface area contributed by atoms with Crippen LogP contribution in [0.5, 0.6) is 0 Å². The highest BCUT2D eigenvalue weighted by molar-refractivity contribution is 14.1. The summed E-state index contributed by atoms with van der Waals surface area (Å²) < 4.78 is 1.12. The van der Waals surface area contributed by atoms with Gasteiger partial charge >= 0.3 is 0 Å². The fourth-order valence-electron chi connectivity index (χ4n) is 1.84. The van der Waals surface area contributed by atoms with Crippen molar-refractivity contribution in [3.63, 3.8) is 0 Å². The van der Waals surface area contributed by atoms with E-state index in [9.17, 15) is 0 Å². The Morgan fingerprint density at radius 1 is 0.889 bits per heavy atom. The number of fused-ring (bicyclic) bond motifs is 1. The van der Waals surface area contributed by atoms with Crippen LogP contribution in [0.4, 0.5) is 11.5 Å². The molecule has 2 nitrogen and oxygen atoms in total. The monoisotopic (exact) mass is 346 g/mol. The van der Waals surface area contributed by atoms with E-state index < -0.39 is 0 Å². The highest BCUT2D eigenvalue weighted by Crippen LogP contribution is 2.24. The number of rotatable bonds is 2. The van der Waals surface area contributed by atoms with Crippen molar-refractivity contribution in [1.29, 1.82) is 0 Å². The van der Waals surface area contributed by atoms with Crippen LogP contribution in [-0.2, 0) is 0 Å². The summed E-state index contributed by atoms with van der Waals surface area (Å²) in [5.74, 6) is 0.903. The Labute approximate surface area is 119 Å². The van der Waals surface area contributed by atoms with Gasteiger partial charge in [-0.3, -0.25) is 0 Å². The van der Waals surface area contributed by atoms with Gasteiger partial charge < -0.3 is 5.32 Å². The first-order chi connectivity index (χ1) is 8.83. The summed E-state index contributed by atoms with van der Waals surface area (Å²) in [5.41, 5.74) is 2.06. The molecule has 1 N–H and O–H groups in total. The summed E-state index contributed by atoms with van der Waals surface area (Å²) >= 11 is 2.31. The Bertz CT molecular complexity index is 680. The average molecular weight is 346 g/mol. The molecule has 0 saturated carbocycles. The Balaban J connectivity index is 2.04. The molecule has 0 amide bonds. The van der Waals surface area contributed by atoms with E-state index in [1.165, 1.54) is 5.39 Å². The Morgan fingerprint density at radius 2 is 1.61 bits per heavy atom. The van der Waals surface area contributed by atoms with Gasteiger partial charge in [0, 0.05) is 11.1 Å². The van der Waals surface area contributed by atoms with Crippen molar-refractivity contribution < 1.29 is 0 Å². The molecule has 1 heterocycles. The number of hydrogen-bond acceptors (Lipinski definition) is 2. The number of hydrogen-bond donors (Lipinski definition) is 1. The van der Waals surface area contributed by atoms with E-state index in [1.807, 2.05) is 48.5 Å². The van der Waals surface area contributed by atoms with Crippen molar-refractivity contribution in [2.24, 2.45) is 0 Å². The molecule has 0 aliphatic heterocycles. The van der Waals surface area contributed by atoms with Crippen LogP contribution in [0.3, 0.4) is 0 Å². The van der Waals surface area contributed by atoms with Gasteiger partial charge in [0.15, 0.2) is 0 Å². The standard InChI is InChI=1S/C15H11IN2/c16-13-10-11-6-4-5-9-14(11)18-15(13)17-12-7-2-1-3-8-12/h1-10H,(H,17,18). The maximum Gasteiger partial charge on any atom is 0.144 e.